The second-order valence-corrected chi connectivity index (χ2v) is 4.89. The zero-order valence-corrected chi connectivity index (χ0v) is 13.8. The largest absolute Gasteiger partial charge is 0.497 e. The van der Waals surface area contributed by atoms with E-state index in [1.165, 1.54) is 6.92 Å². The number of carbonyl (C=O) groups is 2. The quantitative estimate of drug-likeness (QED) is 0.555. The Morgan fingerprint density at radius 2 is 1.83 bits per heavy atom. The summed E-state index contributed by atoms with van der Waals surface area (Å²) in [6.45, 7) is 5.37. The summed E-state index contributed by atoms with van der Waals surface area (Å²) in [4.78, 5) is 23.4. The van der Waals surface area contributed by atoms with Crippen LogP contribution in [0.1, 0.15) is 18.9 Å². The molecule has 0 aliphatic heterocycles. The molecule has 0 saturated carbocycles. The molecule has 1 N–H and O–H groups in total. The van der Waals surface area contributed by atoms with Crippen molar-refractivity contribution in [1.82, 2.24) is 5.32 Å². The molecule has 1 aromatic rings. The number of amides is 1. The first-order chi connectivity index (χ1) is 11.0. The van der Waals surface area contributed by atoms with Crippen LogP contribution in [0.3, 0.4) is 0 Å². The van der Waals surface area contributed by atoms with Gasteiger partial charge in [0.1, 0.15) is 11.5 Å². The third kappa shape index (κ3) is 6.42. The SMILES string of the molecule is C=CCNC(=O)[C@@H](C)OC(=O)CCc1cc(OC)cc(OC)c1. The Morgan fingerprint density at radius 1 is 1.22 bits per heavy atom. The molecular formula is C17H23NO5. The molecule has 0 saturated heterocycles. The summed E-state index contributed by atoms with van der Waals surface area (Å²) >= 11 is 0. The van der Waals surface area contributed by atoms with Crippen LogP contribution in [0.25, 0.3) is 0 Å². The van der Waals surface area contributed by atoms with E-state index in [0.717, 1.165) is 5.56 Å². The van der Waals surface area contributed by atoms with Crippen molar-refractivity contribution in [1.29, 1.82) is 0 Å². The van der Waals surface area contributed by atoms with E-state index in [-0.39, 0.29) is 12.3 Å². The van der Waals surface area contributed by atoms with Crippen molar-refractivity contribution in [3.63, 3.8) is 0 Å². The minimum atomic E-state index is -0.831. The second-order valence-electron chi connectivity index (χ2n) is 4.89. The molecule has 0 radical (unpaired) electrons. The molecule has 0 aromatic heterocycles. The first kappa shape index (κ1) is 18.5. The summed E-state index contributed by atoms with van der Waals surface area (Å²) in [6.07, 6.45) is 1.35. The van der Waals surface area contributed by atoms with E-state index in [1.54, 1.807) is 26.4 Å². The smallest absolute Gasteiger partial charge is 0.306 e. The van der Waals surface area contributed by atoms with E-state index in [2.05, 4.69) is 11.9 Å². The van der Waals surface area contributed by atoms with Crippen LogP contribution < -0.4 is 14.8 Å². The summed E-state index contributed by atoms with van der Waals surface area (Å²) < 4.78 is 15.5. The Balaban J connectivity index is 2.52. The lowest BCUT2D eigenvalue weighted by molar-refractivity contribution is -0.154. The van der Waals surface area contributed by atoms with Gasteiger partial charge in [0.25, 0.3) is 5.91 Å². The predicted molar refractivity (Wildman–Crippen MR) is 86.6 cm³/mol. The Labute approximate surface area is 136 Å². The van der Waals surface area contributed by atoms with Gasteiger partial charge in [-0.3, -0.25) is 9.59 Å². The molecule has 1 amide bonds. The number of benzene rings is 1. The number of hydrogen-bond donors (Lipinski definition) is 1. The summed E-state index contributed by atoms with van der Waals surface area (Å²) in [7, 11) is 3.13. The molecule has 0 fully saturated rings. The van der Waals surface area contributed by atoms with Gasteiger partial charge in [-0.15, -0.1) is 6.58 Å². The summed E-state index contributed by atoms with van der Waals surface area (Å²) in [5, 5.41) is 2.57. The molecule has 6 nitrogen and oxygen atoms in total. The van der Waals surface area contributed by atoms with Gasteiger partial charge in [0.2, 0.25) is 0 Å². The lowest BCUT2D eigenvalue weighted by Gasteiger charge is -2.13. The van der Waals surface area contributed by atoms with Crippen LogP contribution in [0.5, 0.6) is 11.5 Å². The molecule has 6 heteroatoms. The van der Waals surface area contributed by atoms with Crippen molar-refractivity contribution in [3.05, 3.63) is 36.4 Å². The highest BCUT2D eigenvalue weighted by atomic mass is 16.5. The number of hydrogen-bond acceptors (Lipinski definition) is 5. The number of ether oxygens (including phenoxy) is 3. The van der Waals surface area contributed by atoms with E-state index >= 15 is 0 Å². The molecule has 0 heterocycles. The normalized spacial score (nSPS) is 11.3. The molecular weight excluding hydrogens is 298 g/mol. The molecule has 0 bridgehead atoms. The van der Waals surface area contributed by atoms with E-state index in [0.29, 0.717) is 24.5 Å². The number of aryl methyl sites for hydroxylation is 1. The Morgan fingerprint density at radius 3 is 2.35 bits per heavy atom. The minimum absolute atomic E-state index is 0.162. The van der Waals surface area contributed by atoms with Gasteiger partial charge in [0, 0.05) is 19.0 Å². The maximum absolute atomic E-state index is 11.8. The van der Waals surface area contributed by atoms with E-state index in [1.807, 2.05) is 12.1 Å². The van der Waals surface area contributed by atoms with Crippen molar-refractivity contribution in [2.75, 3.05) is 20.8 Å². The number of methoxy groups -OCH3 is 2. The Hall–Kier alpha value is -2.50. The molecule has 0 unspecified atom stereocenters. The third-order valence-corrected chi connectivity index (χ3v) is 3.13. The van der Waals surface area contributed by atoms with Gasteiger partial charge in [-0.1, -0.05) is 6.08 Å². The average molecular weight is 321 g/mol. The lowest BCUT2D eigenvalue weighted by Crippen LogP contribution is -2.35. The summed E-state index contributed by atoms with van der Waals surface area (Å²) in [5.74, 6) is 0.532. The fraction of sp³-hybridized carbons (Fsp3) is 0.412. The van der Waals surface area contributed by atoms with E-state index < -0.39 is 12.1 Å². The van der Waals surface area contributed by atoms with Gasteiger partial charge < -0.3 is 19.5 Å². The fourth-order valence-corrected chi connectivity index (χ4v) is 1.88. The number of nitrogens with one attached hydrogen (secondary N) is 1. The van der Waals surface area contributed by atoms with E-state index in [4.69, 9.17) is 14.2 Å². The van der Waals surface area contributed by atoms with Crippen molar-refractivity contribution >= 4 is 11.9 Å². The first-order valence-electron chi connectivity index (χ1n) is 7.30. The Bertz CT molecular complexity index is 534. The second kappa shape index (κ2) is 9.50. The van der Waals surface area contributed by atoms with Crippen LogP contribution in [-0.4, -0.2) is 38.7 Å². The average Bonchev–Trinajstić information content (AvgIpc) is 2.57. The van der Waals surface area contributed by atoms with Crippen LogP contribution in [0, 0.1) is 0 Å². The van der Waals surface area contributed by atoms with Crippen molar-refractivity contribution in [3.8, 4) is 11.5 Å². The zero-order valence-electron chi connectivity index (χ0n) is 13.8. The molecule has 126 valence electrons. The highest BCUT2D eigenvalue weighted by molar-refractivity contribution is 5.83. The van der Waals surface area contributed by atoms with Crippen LogP contribution in [0.15, 0.2) is 30.9 Å². The van der Waals surface area contributed by atoms with Crippen molar-refractivity contribution < 1.29 is 23.8 Å². The highest BCUT2D eigenvalue weighted by Crippen LogP contribution is 2.23. The van der Waals surface area contributed by atoms with Crippen molar-refractivity contribution in [2.24, 2.45) is 0 Å². The minimum Gasteiger partial charge on any atom is -0.497 e. The number of esters is 1. The molecule has 1 atom stereocenters. The topological polar surface area (TPSA) is 73.9 Å². The molecule has 0 aliphatic rings. The molecule has 23 heavy (non-hydrogen) atoms. The molecule has 0 spiro atoms. The summed E-state index contributed by atoms with van der Waals surface area (Å²) in [5.41, 5.74) is 0.891. The van der Waals surface area contributed by atoms with E-state index in [9.17, 15) is 9.59 Å². The lowest BCUT2D eigenvalue weighted by atomic mass is 10.1. The zero-order chi connectivity index (χ0) is 17.2. The van der Waals surface area contributed by atoms with Gasteiger partial charge >= 0.3 is 5.97 Å². The standard InChI is InChI=1S/C17H23NO5/c1-5-8-18-17(20)12(2)23-16(19)7-6-13-9-14(21-3)11-15(10-13)22-4/h5,9-12H,1,6-8H2,2-4H3,(H,18,20)/t12-/m1/s1. The summed E-state index contributed by atoms with van der Waals surface area (Å²) in [6, 6.07) is 5.42. The molecule has 1 aromatic carbocycles. The number of rotatable bonds is 9. The van der Waals surface area contributed by atoms with Crippen molar-refractivity contribution in [2.45, 2.75) is 25.9 Å². The monoisotopic (exact) mass is 321 g/mol. The highest BCUT2D eigenvalue weighted by Gasteiger charge is 2.17. The maximum Gasteiger partial charge on any atom is 0.306 e. The Kier molecular flexibility index (Phi) is 7.66. The predicted octanol–water partition coefficient (Wildman–Crippen LogP) is 1.87. The third-order valence-electron chi connectivity index (χ3n) is 3.13. The van der Waals surface area contributed by atoms with Gasteiger partial charge in [-0.2, -0.15) is 0 Å². The number of carbonyl (C=O) groups excluding carboxylic acids is 2. The molecule has 1 rings (SSSR count). The van der Waals surface area contributed by atoms with Crippen LogP contribution in [-0.2, 0) is 20.7 Å². The van der Waals surface area contributed by atoms with Gasteiger partial charge in [-0.25, -0.2) is 0 Å². The molecule has 0 aliphatic carbocycles. The van der Waals surface area contributed by atoms with Gasteiger partial charge in [0.15, 0.2) is 6.10 Å². The van der Waals surface area contributed by atoms with Crippen LogP contribution >= 0.6 is 0 Å². The first-order valence-corrected chi connectivity index (χ1v) is 7.30. The maximum atomic E-state index is 11.8. The van der Waals surface area contributed by atoms with Crippen LogP contribution in [0.2, 0.25) is 0 Å². The fourth-order valence-electron chi connectivity index (χ4n) is 1.88. The van der Waals surface area contributed by atoms with Gasteiger partial charge in [-0.05, 0) is 31.0 Å². The van der Waals surface area contributed by atoms with Crippen LogP contribution in [0.4, 0.5) is 0 Å². The van der Waals surface area contributed by atoms with Gasteiger partial charge in [0.05, 0.1) is 14.2 Å².